The van der Waals surface area contributed by atoms with Gasteiger partial charge in [0.2, 0.25) is 0 Å². The number of ether oxygens (including phenoxy) is 2. The Bertz CT molecular complexity index is 411. The van der Waals surface area contributed by atoms with E-state index in [1.165, 1.54) is 0 Å². The zero-order valence-electron chi connectivity index (χ0n) is 12.1. The van der Waals surface area contributed by atoms with Crippen molar-refractivity contribution in [1.82, 2.24) is 25.5 Å². The Morgan fingerprint density at radius 1 is 1.63 bits per heavy atom. The Morgan fingerprint density at radius 2 is 2.42 bits per heavy atom. The molecule has 19 heavy (non-hydrogen) atoms. The summed E-state index contributed by atoms with van der Waals surface area (Å²) in [7, 11) is 1.69. The van der Waals surface area contributed by atoms with Crippen LogP contribution in [0.4, 0.5) is 0 Å². The van der Waals surface area contributed by atoms with Gasteiger partial charge in [0.25, 0.3) is 0 Å². The van der Waals surface area contributed by atoms with E-state index in [0.29, 0.717) is 6.61 Å². The van der Waals surface area contributed by atoms with Crippen molar-refractivity contribution in [2.45, 2.75) is 44.9 Å². The molecule has 1 aromatic heterocycles. The molecular formula is C12H23N5O2. The molecular weight excluding hydrogens is 246 g/mol. The van der Waals surface area contributed by atoms with Crippen LogP contribution in [0.25, 0.3) is 0 Å². The molecule has 1 saturated heterocycles. The lowest BCUT2D eigenvalue weighted by atomic mass is 9.94. The van der Waals surface area contributed by atoms with Crippen molar-refractivity contribution in [1.29, 1.82) is 0 Å². The normalized spacial score (nSPS) is 28.7. The first-order valence-electron chi connectivity index (χ1n) is 6.72. The number of tetrazole rings is 1. The lowest BCUT2D eigenvalue weighted by Gasteiger charge is -2.29. The Hall–Kier alpha value is -1.05. The first-order valence-corrected chi connectivity index (χ1v) is 6.72. The number of aromatic nitrogens is 4. The Kier molecular flexibility index (Phi) is 4.49. The number of nitrogens with zero attached hydrogens (tertiary/aromatic N) is 4. The molecule has 0 saturated carbocycles. The molecule has 1 fully saturated rings. The van der Waals surface area contributed by atoms with E-state index in [1.807, 2.05) is 4.68 Å². The standard InChI is InChI=1S/C12H23N5O2/c1-9(13-6-8-18-4)11-14-15-16-17(11)12(3)5-7-19-10(12)2/h9-10,13H,5-8H2,1-4H3. The van der Waals surface area contributed by atoms with Crippen molar-refractivity contribution in [3.05, 3.63) is 5.82 Å². The SMILES string of the molecule is COCCNC(C)c1nnnn1C1(C)CCOC1C. The molecule has 0 aliphatic carbocycles. The zero-order valence-corrected chi connectivity index (χ0v) is 12.1. The molecule has 108 valence electrons. The highest BCUT2D eigenvalue weighted by molar-refractivity contribution is 5.00. The number of hydrogen-bond donors (Lipinski definition) is 1. The van der Waals surface area contributed by atoms with E-state index >= 15 is 0 Å². The lowest BCUT2D eigenvalue weighted by molar-refractivity contribution is 0.0676. The second-order valence-corrected chi connectivity index (χ2v) is 5.24. The fraction of sp³-hybridized carbons (Fsp3) is 0.917. The van der Waals surface area contributed by atoms with E-state index in [9.17, 15) is 0 Å². The van der Waals surface area contributed by atoms with E-state index < -0.39 is 0 Å². The molecule has 2 heterocycles. The van der Waals surface area contributed by atoms with Gasteiger partial charge in [0, 0.05) is 20.3 Å². The number of methoxy groups -OCH3 is 1. The molecule has 0 bridgehead atoms. The van der Waals surface area contributed by atoms with Crippen molar-refractivity contribution in [2.75, 3.05) is 26.9 Å². The summed E-state index contributed by atoms with van der Waals surface area (Å²) in [5.74, 6) is 0.843. The van der Waals surface area contributed by atoms with Gasteiger partial charge in [-0.05, 0) is 37.6 Å². The van der Waals surface area contributed by atoms with E-state index in [0.717, 1.165) is 25.4 Å². The van der Waals surface area contributed by atoms with Crippen molar-refractivity contribution < 1.29 is 9.47 Å². The molecule has 0 amide bonds. The smallest absolute Gasteiger partial charge is 0.168 e. The van der Waals surface area contributed by atoms with Gasteiger partial charge in [-0.2, -0.15) is 0 Å². The summed E-state index contributed by atoms with van der Waals surface area (Å²) < 4.78 is 12.6. The maximum atomic E-state index is 5.67. The molecule has 0 spiro atoms. The summed E-state index contributed by atoms with van der Waals surface area (Å²) in [5, 5.41) is 15.5. The predicted octanol–water partition coefficient (Wildman–Crippen LogP) is 0.494. The van der Waals surface area contributed by atoms with Gasteiger partial charge in [0.15, 0.2) is 5.82 Å². The van der Waals surface area contributed by atoms with Gasteiger partial charge in [-0.3, -0.25) is 0 Å². The quantitative estimate of drug-likeness (QED) is 0.758. The molecule has 0 radical (unpaired) electrons. The molecule has 1 aromatic rings. The van der Waals surface area contributed by atoms with Crippen LogP contribution in [0.3, 0.4) is 0 Å². The molecule has 7 nitrogen and oxygen atoms in total. The minimum atomic E-state index is -0.171. The Balaban J connectivity index is 2.13. The molecule has 2 rings (SSSR count). The van der Waals surface area contributed by atoms with Crippen molar-refractivity contribution in [3.8, 4) is 0 Å². The van der Waals surface area contributed by atoms with Crippen LogP contribution < -0.4 is 5.32 Å². The van der Waals surface area contributed by atoms with Crippen molar-refractivity contribution in [2.24, 2.45) is 0 Å². The molecule has 1 N–H and O–H groups in total. The fourth-order valence-electron chi connectivity index (χ4n) is 2.40. The Labute approximate surface area is 113 Å². The highest BCUT2D eigenvalue weighted by Crippen LogP contribution is 2.33. The summed E-state index contributed by atoms with van der Waals surface area (Å²) in [6, 6.07) is 0.0785. The van der Waals surface area contributed by atoms with Crippen LogP contribution in [0.15, 0.2) is 0 Å². The summed E-state index contributed by atoms with van der Waals surface area (Å²) in [5.41, 5.74) is -0.171. The minimum Gasteiger partial charge on any atom is -0.383 e. The highest BCUT2D eigenvalue weighted by atomic mass is 16.5. The maximum Gasteiger partial charge on any atom is 0.168 e. The molecule has 7 heteroatoms. The lowest BCUT2D eigenvalue weighted by Crippen LogP contribution is -2.40. The highest BCUT2D eigenvalue weighted by Gasteiger charge is 2.42. The number of hydrogen-bond acceptors (Lipinski definition) is 6. The molecule has 3 unspecified atom stereocenters. The monoisotopic (exact) mass is 269 g/mol. The van der Waals surface area contributed by atoms with Gasteiger partial charge >= 0.3 is 0 Å². The summed E-state index contributed by atoms with van der Waals surface area (Å²) >= 11 is 0. The zero-order chi connectivity index (χ0) is 13.9. The number of rotatable bonds is 6. The van der Waals surface area contributed by atoms with Crippen LogP contribution in [0, 0.1) is 0 Å². The maximum absolute atomic E-state index is 5.67. The molecule has 0 aromatic carbocycles. The van der Waals surface area contributed by atoms with Crippen LogP contribution in [0.2, 0.25) is 0 Å². The second-order valence-electron chi connectivity index (χ2n) is 5.24. The molecule has 1 aliphatic heterocycles. The first kappa shape index (κ1) is 14.4. The van der Waals surface area contributed by atoms with Gasteiger partial charge in [0.1, 0.15) is 0 Å². The fourth-order valence-corrected chi connectivity index (χ4v) is 2.40. The molecule has 1 aliphatic rings. The third-order valence-corrected chi connectivity index (χ3v) is 3.97. The van der Waals surface area contributed by atoms with Gasteiger partial charge in [-0.25, -0.2) is 4.68 Å². The van der Waals surface area contributed by atoms with Gasteiger partial charge in [-0.15, -0.1) is 5.10 Å². The van der Waals surface area contributed by atoms with Crippen LogP contribution in [0.1, 0.15) is 39.1 Å². The van der Waals surface area contributed by atoms with Crippen LogP contribution >= 0.6 is 0 Å². The van der Waals surface area contributed by atoms with E-state index in [-0.39, 0.29) is 17.7 Å². The summed E-state index contributed by atoms with van der Waals surface area (Å²) in [4.78, 5) is 0. The van der Waals surface area contributed by atoms with Gasteiger partial charge < -0.3 is 14.8 Å². The molecule has 3 atom stereocenters. The minimum absolute atomic E-state index is 0.0785. The summed E-state index contributed by atoms with van der Waals surface area (Å²) in [6.45, 7) is 8.47. The van der Waals surface area contributed by atoms with Crippen LogP contribution in [-0.2, 0) is 15.0 Å². The van der Waals surface area contributed by atoms with Crippen LogP contribution in [-0.4, -0.2) is 53.2 Å². The van der Waals surface area contributed by atoms with Gasteiger partial charge in [0.05, 0.1) is 24.3 Å². The average molecular weight is 269 g/mol. The van der Waals surface area contributed by atoms with Crippen LogP contribution in [0.5, 0.6) is 0 Å². The topological polar surface area (TPSA) is 74.1 Å². The Morgan fingerprint density at radius 3 is 3.05 bits per heavy atom. The van der Waals surface area contributed by atoms with Crippen molar-refractivity contribution in [3.63, 3.8) is 0 Å². The number of nitrogens with one attached hydrogen (secondary N) is 1. The van der Waals surface area contributed by atoms with E-state index in [4.69, 9.17) is 9.47 Å². The summed E-state index contributed by atoms with van der Waals surface area (Å²) in [6.07, 6.45) is 1.04. The third-order valence-electron chi connectivity index (χ3n) is 3.97. The predicted molar refractivity (Wildman–Crippen MR) is 69.8 cm³/mol. The second kappa shape index (κ2) is 5.94. The largest absolute Gasteiger partial charge is 0.383 e. The van der Waals surface area contributed by atoms with E-state index in [1.54, 1.807) is 7.11 Å². The average Bonchev–Trinajstić information content (AvgIpc) is 2.98. The van der Waals surface area contributed by atoms with E-state index in [2.05, 4.69) is 41.6 Å². The third kappa shape index (κ3) is 2.77. The van der Waals surface area contributed by atoms with Crippen molar-refractivity contribution >= 4 is 0 Å². The van der Waals surface area contributed by atoms with Gasteiger partial charge in [-0.1, -0.05) is 0 Å². The first-order chi connectivity index (χ1) is 9.09.